The van der Waals surface area contributed by atoms with E-state index in [1.165, 1.54) is 0 Å². The van der Waals surface area contributed by atoms with Crippen molar-refractivity contribution < 1.29 is 9.59 Å². The lowest BCUT2D eigenvalue weighted by Crippen LogP contribution is -2.52. The van der Waals surface area contributed by atoms with Crippen LogP contribution in [-0.2, 0) is 13.1 Å². The van der Waals surface area contributed by atoms with Crippen molar-refractivity contribution in [2.24, 2.45) is 5.73 Å². The van der Waals surface area contributed by atoms with Crippen molar-refractivity contribution in [3.05, 3.63) is 39.5 Å². The normalized spacial score (nSPS) is 20.7. The van der Waals surface area contributed by atoms with Gasteiger partial charge in [0.15, 0.2) is 0 Å². The summed E-state index contributed by atoms with van der Waals surface area (Å²) in [6, 6.07) is 5.16. The van der Waals surface area contributed by atoms with Crippen LogP contribution in [0.5, 0.6) is 0 Å². The lowest BCUT2D eigenvalue weighted by atomic mass is 9.92. The van der Waals surface area contributed by atoms with E-state index in [1.807, 2.05) is 11.8 Å². The summed E-state index contributed by atoms with van der Waals surface area (Å²) in [5.74, 6) is -0.587. The highest BCUT2D eigenvalue weighted by molar-refractivity contribution is 7.99. The molecule has 154 valence electrons. The number of primary amides is 1. The second-order valence-corrected chi connectivity index (χ2v) is 9.24. The average molecular weight is 454 g/mol. The van der Waals surface area contributed by atoms with Crippen molar-refractivity contribution in [1.82, 2.24) is 20.0 Å². The molecule has 1 aliphatic carbocycles. The van der Waals surface area contributed by atoms with Crippen molar-refractivity contribution in [2.45, 2.75) is 37.2 Å². The van der Waals surface area contributed by atoms with Gasteiger partial charge in [-0.3, -0.25) is 9.48 Å². The third kappa shape index (κ3) is 3.93. The first kappa shape index (κ1) is 20.4. The van der Waals surface area contributed by atoms with Gasteiger partial charge < -0.3 is 16.0 Å². The molecule has 4 rings (SSSR count). The molecule has 1 saturated carbocycles. The number of hydrogen-bond acceptors (Lipinski definition) is 4. The molecular weight excluding hydrogens is 433 g/mol. The number of nitrogens with one attached hydrogen (secondary N) is 1. The minimum atomic E-state index is -0.587. The van der Waals surface area contributed by atoms with E-state index in [4.69, 9.17) is 28.9 Å². The monoisotopic (exact) mass is 453 g/mol. The number of fused-ring (bicyclic) bond motifs is 1. The average Bonchev–Trinajstić information content (AvgIpc) is 3.05. The zero-order valence-electron chi connectivity index (χ0n) is 15.8. The number of aromatic nitrogens is 2. The van der Waals surface area contributed by atoms with Crippen LogP contribution in [0.25, 0.3) is 11.3 Å². The number of urea groups is 1. The molecule has 7 nitrogen and oxygen atoms in total. The van der Waals surface area contributed by atoms with E-state index in [0.717, 1.165) is 12.8 Å². The first-order chi connectivity index (χ1) is 13.9. The second kappa shape index (κ2) is 8.08. The van der Waals surface area contributed by atoms with E-state index in [2.05, 4.69) is 16.7 Å². The Kier molecular flexibility index (Phi) is 5.68. The Labute approximate surface area is 182 Å². The van der Waals surface area contributed by atoms with Crippen molar-refractivity contribution >= 4 is 46.9 Å². The number of carbonyl (C=O) groups is 2. The molecule has 0 spiro atoms. The van der Waals surface area contributed by atoms with Gasteiger partial charge in [0.25, 0.3) is 5.91 Å². The smallest absolute Gasteiger partial charge is 0.318 e. The van der Waals surface area contributed by atoms with Crippen LogP contribution in [0.4, 0.5) is 4.79 Å². The summed E-state index contributed by atoms with van der Waals surface area (Å²) >= 11 is 14.0. The molecule has 1 fully saturated rings. The van der Waals surface area contributed by atoms with Crippen LogP contribution in [0, 0.1) is 0 Å². The molecule has 3 amide bonds. The number of hydrogen-bond donors (Lipinski definition) is 2. The highest BCUT2D eigenvalue weighted by Gasteiger charge is 2.33. The SMILES string of the molecule is CSC1CC(NC(=O)N2CCn3nc(-c4ccc(Cl)c(Cl)c4)c(C(N)=O)c3C2)C1. The van der Waals surface area contributed by atoms with Gasteiger partial charge in [0.2, 0.25) is 0 Å². The molecular formula is C19H21Cl2N5O2S. The lowest BCUT2D eigenvalue weighted by Gasteiger charge is -2.37. The maximum absolute atomic E-state index is 12.7. The fraction of sp³-hybridized carbons (Fsp3) is 0.421. The Balaban J connectivity index is 1.57. The Hall–Kier alpha value is -1.90. The largest absolute Gasteiger partial charge is 0.365 e. The van der Waals surface area contributed by atoms with E-state index < -0.39 is 5.91 Å². The molecule has 2 aromatic rings. The van der Waals surface area contributed by atoms with Gasteiger partial charge in [0.1, 0.15) is 5.69 Å². The molecule has 2 heterocycles. The molecule has 10 heteroatoms. The molecule has 1 aliphatic heterocycles. The number of carbonyl (C=O) groups excluding carboxylic acids is 2. The highest BCUT2D eigenvalue weighted by atomic mass is 35.5. The lowest BCUT2D eigenvalue weighted by molar-refractivity contribution is 0.0997. The van der Waals surface area contributed by atoms with Gasteiger partial charge in [-0.05, 0) is 31.2 Å². The summed E-state index contributed by atoms with van der Waals surface area (Å²) in [7, 11) is 0. The number of amides is 3. The molecule has 1 aromatic carbocycles. The zero-order chi connectivity index (χ0) is 20.7. The van der Waals surface area contributed by atoms with Crippen LogP contribution in [0.15, 0.2) is 18.2 Å². The summed E-state index contributed by atoms with van der Waals surface area (Å²) in [5, 5.41) is 9.06. The number of nitrogens with two attached hydrogens (primary N) is 1. The van der Waals surface area contributed by atoms with E-state index >= 15 is 0 Å². The van der Waals surface area contributed by atoms with Gasteiger partial charge in [-0.15, -0.1) is 0 Å². The van der Waals surface area contributed by atoms with Gasteiger partial charge in [0, 0.05) is 23.4 Å². The molecule has 3 N–H and O–H groups in total. The van der Waals surface area contributed by atoms with Gasteiger partial charge in [0.05, 0.1) is 34.4 Å². The molecule has 0 unspecified atom stereocenters. The fourth-order valence-corrected chi connectivity index (χ4v) is 4.88. The molecule has 0 saturated heterocycles. The molecule has 2 aliphatic rings. The van der Waals surface area contributed by atoms with Gasteiger partial charge in [-0.2, -0.15) is 16.9 Å². The van der Waals surface area contributed by atoms with E-state index in [9.17, 15) is 9.59 Å². The number of halogens is 2. The summed E-state index contributed by atoms with van der Waals surface area (Å²) in [5.41, 5.74) is 7.74. The summed E-state index contributed by atoms with van der Waals surface area (Å²) < 4.78 is 1.74. The van der Waals surface area contributed by atoms with Crippen LogP contribution < -0.4 is 11.1 Å². The molecule has 0 bridgehead atoms. The Morgan fingerprint density at radius 2 is 2.00 bits per heavy atom. The Bertz CT molecular complexity index is 974. The van der Waals surface area contributed by atoms with Gasteiger partial charge in [-0.1, -0.05) is 29.3 Å². The van der Waals surface area contributed by atoms with Crippen LogP contribution >= 0.6 is 35.0 Å². The number of nitrogens with zero attached hydrogens (tertiary/aromatic N) is 3. The minimum Gasteiger partial charge on any atom is -0.365 e. The fourth-order valence-electron chi connectivity index (χ4n) is 3.74. The summed E-state index contributed by atoms with van der Waals surface area (Å²) in [6.45, 7) is 1.28. The standard InChI is InChI=1S/C19H21Cl2N5O2S/c1-29-12-7-11(8-12)23-19(28)25-4-5-26-15(9-25)16(18(22)27)17(24-26)10-2-3-13(20)14(21)6-10/h2-3,6,11-12H,4-5,7-9H2,1H3,(H2,22,27)(H,23,28). The second-order valence-electron chi connectivity index (χ2n) is 7.28. The Morgan fingerprint density at radius 1 is 1.24 bits per heavy atom. The molecule has 0 radical (unpaired) electrons. The quantitative estimate of drug-likeness (QED) is 0.741. The van der Waals surface area contributed by atoms with Crippen LogP contribution in [0.3, 0.4) is 0 Å². The van der Waals surface area contributed by atoms with E-state index in [1.54, 1.807) is 27.8 Å². The molecule has 29 heavy (non-hydrogen) atoms. The zero-order valence-corrected chi connectivity index (χ0v) is 18.2. The first-order valence-corrected chi connectivity index (χ1v) is 11.3. The maximum atomic E-state index is 12.7. The predicted molar refractivity (Wildman–Crippen MR) is 115 cm³/mol. The number of thioether (sulfide) groups is 1. The molecule has 0 atom stereocenters. The van der Waals surface area contributed by atoms with Crippen molar-refractivity contribution in [2.75, 3.05) is 12.8 Å². The maximum Gasteiger partial charge on any atom is 0.318 e. The van der Waals surface area contributed by atoms with Crippen molar-refractivity contribution in [3.8, 4) is 11.3 Å². The predicted octanol–water partition coefficient (Wildman–Crippen LogP) is 3.38. The highest BCUT2D eigenvalue weighted by Crippen LogP contribution is 2.33. The minimum absolute atomic E-state index is 0.117. The number of rotatable bonds is 4. The third-order valence-corrected chi connectivity index (χ3v) is 7.25. The summed E-state index contributed by atoms with van der Waals surface area (Å²) in [4.78, 5) is 26.6. The topological polar surface area (TPSA) is 93.2 Å². The van der Waals surface area contributed by atoms with Gasteiger partial charge >= 0.3 is 6.03 Å². The van der Waals surface area contributed by atoms with Crippen LogP contribution in [0.1, 0.15) is 28.9 Å². The van der Waals surface area contributed by atoms with Crippen molar-refractivity contribution in [3.63, 3.8) is 0 Å². The van der Waals surface area contributed by atoms with Crippen LogP contribution in [0.2, 0.25) is 10.0 Å². The first-order valence-electron chi connectivity index (χ1n) is 9.30. The van der Waals surface area contributed by atoms with Gasteiger partial charge in [-0.25, -0.2) is 4.79 Å². The number of benzene rings is 1. The van der Waals surface area contributed by atoms with E-state index in [-0.39, 0.29) is 18.6 Å². The van der Waals surface area contributed by atoms with Crippen LogP contribution in [-0.4, -0.2) is 50.7 Å². The van der Waals surface area contributed by atoms with Crippen molar-refractivity contribution in [1.29, 1.82) is 0 Å². The third-order valence-electron chi connectivity index (χ3n) is 5.46. The molecule has 1 aromatic heterocycles. The van der Waals surface area contributed by atoms with E-state index in [0.29, 0.717) is 50.9 Å². The Morgan fingerprint density at radius 3 is 2.66 bits per heavy atom. The summed E-state index contributed by atoms with van der Waals surface area (Å²) in [6.07, 6.45) is 4.07.